The average Bonchev–Trinajstić information content (AvgIpc) is 3.36. The third-order valence-electron chi connectivity index (χ3n) is 12.1. The number of nitrogen functional groups attached to an aromatic ring is 1. The van der Waals surface area contributed by atoms with Gasteiger partial charge in [0.15, 0.2) is 0 Å². The molecule has 71 heavy (non-hydrogen) atoms. The van der Waals surface area contributed by atoms with E-state index < -0.39 is 17.9 Å². The molecule has 10 aromatic rings. The zero-order chi connectivity index (χ0) is 49.4. The topological polar surface area (TPSA) is 218 Å². The van der Waals surface area contributed by atoms with E-state index in [4.69, 9.17) is 30.7 Å². The minimum atomic E-state index is -1.20. The Hall–Kier alpha value is -9.46. The van der Waals surface area contributed by atoms with E-state index in [2.05, 4.69) is 17.1 Å². The van der Waals surface area contributed by atoms with Gasteiger partial charge in [-0.25, -0.2) is 10.6 Å². The molecule has 1 aliphatic rings. The smallest absolute Gasteiger partial charge is 0.336 e. The predicted molar refractivity (Wildman–Crippen MR) is 279 cm³/mol. The van der Waals surface area contributed by atoms with Crippen molar-refractivity contribution in [2.75, 3.05) is 24.4 Å². The molecular weight excluding hydrogens is 895 g/mol. The molecule has 0 radical (unpaired) electrons. The average molecular weight is 944 g/mol. The van der Waals surface area contributed by atoms with E-state index in [1.54, 1.807) is 24.3 Å². The molecule has 0 saturated heterocycles. The van der Waals surface area contributed by atoms with Crippen LogP contribution in [0, 0.1) is 0 Å². The van der Waals surface area contributed by atoms with Crippen LogP contribution in [0.1, 0.15) is 46.2 Å². The monoisotopic (exact) mass is 943 g/mol. The Morgan fingerprint density at radius 1 is 0.662 bits per heavy atom. The van der Waals surface area contributed by atoms with Crippen molar-refractivity contribution >= 4 is 95.7 Å². The first-order valence-corrected chi connectivity index (χ1v) is 22.0. The highest BCUT2D eigenvalue weighted by atomic mass is 16.5. The van der Waals surface area contributed by atoms with Crippen LogP contribution in [-0.4, -0.2) is 42.2 Å². The number of nitrogens with two attached hydrogens (primary N) is 2. The van der Waals surface area contributed by atoms with Crippen LogP contribution in [0.4, 0.5) is 11.4 Å². The molecular formula is C58H49N5O8. The van der Waals surface area contributed by atoms with E-state index in [1.807, 2.05) is 152 Å². The molecule has 2 heterocycles. The Morgan fingerprint density at radius 3 is 1.87 bits per heavy atom. The molecule has 1 aromatic heterocycles. The highest BCUT2D eigenvalue weighted by molar-refractivity contribution is 6.21. The minimum Gasteiger partial charge on any atom is -0.545 e. The van der Waals surface area contributed by atoms with Crippen LogP contribution in [0.2, 0.25) is 0 Å². The number of ether oxygens (including phenoxy) is 1. The first kappa shape index (κ1) is 48.0. The van der Waals surface area contributed by atoms with Gasteiger partial charge in [0.1, 0.15) is 22.7 Å². The van der Waals surface area contributed by atoms with Crippen molar-refractivity contribution in [2.24, 2.45) is 11.7 Å². The summed E-state index contributed by atoms with van der Waals surface area (Å²) < 4.78 is 13.1. The van der Waals surface area contributed by atoms with Gasteiger partial charge < -0.3 is 39.6 Å². The lowest BCUT2D eigenvalue weighted by atomic mass is 9.88. The van der Waals surface area contributed by atoms with E-state index in [0.29, 0.717) is 33.8 Å². The molecule has 0 spiro atoms. The lowest BCUT2D eigenvalue weighted by Gasteiger charge is -2.25. The van der Waals surface area contributed by atoms with Gasteiger partial charge in [-0.15, -0.1) is 5.10 Å². The fraction of sp³-hybridized carbons (Fsp3) is 0.0690. The summed E-state index contributed by atoms with van der Waals surface area (Å²) in [7, 11) is 3.94. The van der Waals surface area contributed by atoms with E-state index >= 15 is 0 Å². The quantitative estimate of drug-likeness (QED) is 0.0424. The van der Waals surface area contributed by atoms with Crippen molar-refractivity contribution in [1.82, 2.24) is 0 Å². The van der Waals surface area contributed by atoms with E-state index in [0.717, 1.165) is 93.9 Å². The van der Waals surface area contributed by atoms with E-state index in [-0.39, 0.29) is 18.6 Å². The number of benzene rings is 9. The summed E-state index contributed by atoms with van der Waals surface area (Å²) in [5.41, 5.74) is 9.89. The molecule has 0 amide bonds. The van der Waals surface area contributed by atoms with Crippen molar-refractivity contribution < 1.29 is 44.0 Å². The number of aromatic carboxylic acids is 2. The maximum Gasteiger partial charge on any atom is 0.336 e. The number of anilines is 2. The molecule has 0 saturated carbocycles. The largest absolute Gasteiger partial charge is 0.545 e. The zero-order valence-electron chi connectivity index (χ0n) is 38.2. The number of hydrogen-bond acceptors (Lipinski definition) is 10. The van der Waals surface area contributed by atoms with E-state index in [9.17, 15) is 19.8 Å². The number of carbonyl (C=O) groups is 3. The number of carbonyl (C=O) groups excluding carboxylic acids is 1. The van der Waals surface area contributed by atoms with Gasteiger partial charge in [-0.2, -0.15) is 0 Å². The van der Waals surface area contributed by atoms with Crippen LogP contribution in [0.25, 0.3) is 77.5 Å². The van der Waals surface area contributed by atoms with Gasteiger partial charge >= 0.3 is 5.97 Å². The molecule has 8 N–H and O–H groups in total. The number of nitrogens with one attached hydrogen (secondary N) is 2. The van der Waals surface area contributed by atoms with Crippen LogP contribution in [-0.2, 0) is 4.79 Å². The van der Waals surface area contributed by atoms with Gasteiger partial charge in [-0.1, -0.05) is 86.8 Å². The summed E-state index contributed by atoms with van der Waals surface area (Å²) in [6.07, 6.45) is 0. The van der Waals surface area contributed by atoms with Crippen molar-refractivity contribution in [3.05, 3.63) is 196 Å². The summed E-state index contributed by atoms with van der Waals surface area (Å²) >= 11 is 0. The molecule has 0 atom stereocenters. The Bertz CT molecular complexity index is 3990. The zero-order valence-corrected chi connectivity index (χ0v) is 38.2. The normalized spacial score (nSPS) is 11.6. The van der Waals surface area contributed by atoms with Crippen LogP contribution < -0.4 is 52.8 Å². The number of hydrogen-bond donors (Lipinski definition) is 6. The Kier molecular flexibility index (Phi) is 13.3. The molecule has 354 valence electrons. The maximum atomic E-state index is 12.2. The third kappa shape index (κ3) is 9.03. The number of carboxylic acid groups (broad SMARTS) is 3. The van der Waals surface area contributed by atoms with Crippen molar-refractivity contribution in [1.29, 1.82) is 0 Å². The highest BCUT2D eigenvalue weighted by Crippen LogP contribution is 2.44. The number of nitrogens with zero attached hydrogens (tertiary/aromatic N) is 1. The summed E-state index contributed by atoms with van der Waals surface area (Å²) in [5.74, 6) is 9.61. The van der Waals surface area contributed by atoms with Gasteiger partial charge in [0.25, 0.3) is 5.97 Å². The maximum absolute atomic E-state index is 12.2. The van der Waals surface area contributed by atoms with Crippen molar-refractivity contribution in [2.45, 2.75) is 14.4 Å². The summed E-state index contributed by atoms with van der Waals surface area (Å²) in [6.45, 7) is 5.10. The van der Waals surface area contributed by atoms with Gasteiger partial charge in [-0.05, 0) is 99.2 Å². The third-order valence-corrected chi connectivity index (χ3v) is 12.1. The summed E-state index contributed by atoms with van der Waals surface area (Å²) in [4.78, 5) is 35.1. The minimum absolute atomic E-state index is 0. The standard InChI is InChI=1S/C28H20N4O3.C27H21NO3.C2H4O2.CH4/c29-31-17-7-11-19-15(13-17)5-9-23-25(21-3-1-2-4-22(21)28(33)34)24-10-6-16-14-18(32-30)8-12-20(16)27(24)35-26(19)23;1-16-8-11-19-17(14-16)9-12-23-25(20-6-4-5-7-21(20)27(29)30)22-13-10-18(28(2)3)15-24(22)31-26(19)23;1-2(3)4;/h1-14,31H,29-30H2,(H,33,34);4-15H,1H2,2-3H3,(H,29,30);1H3,(H,3,4);1H4. The summed E-state index contributed by atoms with van der Waals surface area (Å²) in [5, 5.41) is 41.8. The number of aliphatic carboxylic acids is 1. The van der Waals surface area contributed by atoms with Crippen molar-refractivity contribution in [3.63, 3.8) is 0 Å². The molecule has 0 fully saturated rings. The molecule has 11 rings (SSSR count). The second-order valence-electron chi connectivity index (χ2n) is 16.8. The molecule has 0 aliphatic carbocycles. The second-order valence-corrected chi connectivity index (χ2v) is 16.8. The van der Waals surface area contributed by atoms with E-state index in [1.165, 1.54) is 0 Å². The lowest BCUT2D eigenvalue weighted by Crippen LogP contribution is -2.83. The van der Waals surface area contributed by atoms with Crippen molar-refractivity contribution in [3.8, 4) is 22.6 Å². The molecule has 0 unspecified atom stereocenters. The molecule has 13 heteroatoms. The van der Waals surface area contributed by atoms with Gasteiger partial charge in [0, 0.05) is 105 Å². The number of fused-ring (bicyclic) bond motifs is 10. The Labute approximate surface area is 407 Å². The SMILES string of the molecule is C.C=c1ccc2c3c(ccc2c1)=C(c1ccccc1C(=O)[O-])c1ccc(N(C)C)cc1O3.CC(=O)O.NNc1ccc2c(ccc3c(-c4ccccc4C(=O)O)c4ccc5cc(=[NH+]N)ccc5c4oc32)c1. The van der Waals surface area contributed by atoms with Crippen LogP contribution in [0.3, 0.4) is 0 Å². The van der Waals surface area contributed by atoms with Gasteiger partial charge in [0.05, 0.1) is 11.5 Å². The first-order chi connectivity index (χ1) is 33.8. The molecule has 0 bridgehead atoms. The number of hydrazine groups is 2. The van der Waals surface area contributed by atoms with Crippen LogP contribution >= 0.6 is 0 Å². The predicted octanol–water partition coefficient (Wildman–Crippen LogP) is 7.16. The molecule has 13 nitrogen and oxygen atoms in total. The second kappa shape index (κ2) is 19.6. The number of rotatable bonds is 6. The van der Waals surface area contributed by atoms with Gasteiger partial charge in [0.2, 0.25) is 5.36 Å². The van der Waals surface area contributed by atoms with Crippen LogP contribution in [0.5, 0.6) is 11.5 Å². The Morgan fingerprint density at radius 2 is 1.24 bits per heavy atom. The fourth-order valence-corrected chi connectivity index (χ4v) is 8.98. The summed E-state index contributed by atoms with van der Waals surface area (Å²) in [6, 6.07) is 49.4. The van der Waals surface area contributed by atoms with Gasteiger partial charge in [-0.3, -0.25) is 10.6 Å². The lowest BCUT2D eigenvalue weighted by molar-refractivity contribution is -0.512. The molecule has 1 aliphatic heterocycles. The highest BCUT2D eigenvalue weighted by Gasteiger charge is 2.25. The van der Waals surface area contributed by atoms with Crippen LogP contribution in [0.15, 0.2) is 162 Å². The molecule has 9 aromatic carbocycles. The first-order valence-electron chi connectivity index (χ1n) is 22.0. The fourth-order valence-electron chi connectivity index (χ4n) is 8.98. The Balaban J connectivity index is 0.000000176. The number of carboxylic acids is 3.